The lowest BCUT2D eigenvalue weighted by Crippen LogP contribution is -2.48. The number of alkyl halides is 1. The van der Waals surface area contributed by atoms with Crippen molar-refractivity contribution in [2.24, 2.45) is 0 Å². The van der Waals surface area contributed by atoms with Gasteiger partial charge >= 0.3 is 0 Å². The first-order valence-electron chi connectivity index (χ1n) is 4.18. The Hall–Kier alpha value is -0.530. The molecule has 64 valence electrons. The van der Waals surface area contributed by atoms with Crippen LogP contribution in [0.25, 0.3) is 0 Å². The SMILES string of the molecule is CN1C[C@H](Cl)[C@H]1c1ccccc1. The molecule has 0 aromatic heterocycles. The monoisotopic (exact) mass is 181 g/mol. The van der Waals surface area contributed by atoms with E-state index < -0.39 is 0 Å². The van der Waals surface area contributed by atoms with Crippen molar-refractivity contribution in [3.63, 3.8) is 0 Å². The lowest BCUT2D eigenvalue weighted by Gasteiger charge is -2.42. The zero-order chi connectivity index (χ0) is 8.55. The Morgan fingerprint density at radius 3 is 2.50 bits per heavy atom. The van der Waals surface area contributed by atoms with Crippen molar-refractivity contribution in [2.45, 2.75) is 11.4 Å². The molecule has 1 aliphatic rings. The van der Waals surface area contributed by atoms with Gasteiger partial charge in [0, 0.05) is 6.54 Å². The van der Waals surface area contributed by atoms with E-state index in [1.54, 1.807) is 0 Å². The predicted molar refractivity (Wildman–Crippen MR) is 51.5 cm³/mol. The lowest BCUT2D eigenvalue weighted by molar-refractivity contribution is 0.134. The maximum absolute atomic E-state index is 6.10. The van der Waals surface area contributed by atoms with Crippen molar-refractivity contribution in [3.05, 3.63) is 35.9 Å². The summed E-state index contributed by atoms with van der Waals surface area (Å²) in [5.41, 5.74) is 1.33. The highest BCUT2D eigenvalue weighted by atomic mass is 35.5. The molecule has 2 heteroatoms. The molecular formula is C10H12ClN. The number of benzene rings is 1. The van der Waals surface area contributed by atoms with Crippen molar-refractivity contribution >= 4 is 11.6 Å². The molecule has 0 amide bonds. The van der Waals surface area contributed by atoms with Gasteiger partial charge in [0.2, 0.25) is 0 Å². The van der Waals surface area contributed by atoms with Crippen molar-refractivity contribution in [3.8, 4) is 0 Å². The molecule has 1 fully saturated rings. The Kier molecular flexibility index (Phi) is 2.07. The Bertz CT molecular complexity index is 252. The minimum atomic E-state index is 0.289. The first kappa shape index (κ1) is 8.09. The third kappa shape index (κ3) is 1.23. The fourth-order valence-electron chi connectivity index (χ4n) is 1.74. The fraction of sp³-hybridized carbons (Fsp3) is 0.400. The van der Waals surface area contributed by atoms with Gasteiger partial charge in [-0.2, -0.15) is 0 Å². The minimum absolute atomic E-state index is 0.289. The summed E-state index contributed by atoms with van der Waals surface area (Å²) in [7, 11) is 2.11. The molecule has 1 heterocycles. The quantitative estimate of drug-likeness (QED) is 0.601. The average Bonchev–Trinajstić information content (AvgIpc) is 2.05. The smallest absolute Gasteiger partial charge is 0.0659 e. The molecule has 0 N–H and O–H groups in total. The number of hydrogen-bond acceptors (Lipinski definition) is 1. The number of nitrogens with zero attached hydrogens (tertiary/aromatic N) is 1. The fourth-order valence-corrected chi connectivity index (χ4v) is 2.30. The number of hydrogen-bond donors (Lipinski definition) is 0. The molecule has 0 spiro atoms. The summed E-state index contributed by atoms with van der Waals surface area (Å²) in [5.74, 6) is 0. The first-order chi connectivity index (χ1) is 5.79. The molecule has 0 aliphatic carbocycles. The van der Waals surface area contributed by atoms with Crippen LogP contribution < -0.4 is 0 Å². The summed E-state index contributed by atoms with van der Waals surface area (Å²) < 4.78 is 0. The van der Waals surface area contributed by atoms with Gasteiger partial charge in [-0.25, -0.2) is 0 Å². The Labute approximate surface area is 77.9 Å². The summed E-state index contributed by atoms with van der Waals surface area (Å²) >= 11 is 6.10. The van der Waals surface area contributed by atoms with E-state index in [9.17, 15) is 0 Å². The summed E-state index contributed by atoms with van der Waals surface area (Å²) in [4.78, 5) is 2.27. The van der Waals surface area contributed by atoms with Crippen LogP contribution in [0.5, 0.6) is 0 Å². The lowest BCUT2D eigenvalue weighted by atomic mass is 9.95. The van der Waals surface area contributed by atoms with Gasteiger partial charge in [0.15, 0.2) is 0 Å². The van der Waals surface area contributed by atoms with Crippen molar-refractivity contribution in [1.29, 1.82) is 0 Å². The third-order valence-corrected chi connectivity index (χ3v) is 2.80. The topological polar surface area (TPSA) is 3.24 Å². The van der Waals surface area contributed by atoms with E-state index in [4.69, 9.17) is 11.6 Å². The minimum Gasteiger partial charge on any atom is -0.296 e. The van der Waals surface area contributed by atoms with Gasteiger partial charge in [0.05, 0.1) is 11.4 Å². The third-order valence-electron chi connectivity index (χ3n) is 2.42. The van der Waals surface area contributed by atoms with Crippen LogP contribution in [-0.2, 0) is 0 Å². The van der Waals surface area contributed by atoms with E-state index in [-0.39, 0.29) is 5.38 Å². The summed E-state index contributed by atoms with van der Waals surface area (Å²) in [6.07, 6.45) is 0. The molecule has 0 unspecified atom stereocenters. The van der Waals surface area contributed by atoms with Crippen LogP contribution in [0.3, 0.4) is 0 Å². The first-order valence-corrected chi connectivity index (χ1v) is 4.62. The van der Waals surface area contributed by atoms with Crippen LogP contribution >= 0.6 is 11.6 Å². The Morgan fingerprint density at radius 2 is 2.00 bits per heavy atom. The van der Waals surface area contributed by atoms with Crippen LogP contribution in [0.15, 0.2) is 30.3 Å². The van der Waals surface area contributed by atoms with E-state index in [1.807, 2.05) is 6.07 Å². The van der Waals surface area contributed by atoms with Gasteiger partial charge in [-0.15, -0.1) is 11.6 Å². The largest absolute Gasteiger partial charge is 0.296 e. The maximum atomic E-state index is 6.10. The summed E-state index contributed by atoms with van der Waals surface area (Å²) in [6, 6.07) is 10.8. The molecule has 1 aromatic carbocycles. The summed E-state index contributed by atoms with van der Waals surface area (Å²) in [6.45, 7) is 1.00. The number of halogens is 1. The Morgan fingerprint density at radius 1 is 1.33 bits per heavy atom. The van der Waals surface area contributed by atoms with Gasteiger partial charge in [-0.3, -0.25) is 4.90 Å². The van der Waals surface area contributed by atoms with Crippen molar-refractivity contribution < 1.29 is 0 Å². The second-order valence-corrected chi connectivity index (χ2v) is 3.87. The van der Waals surface area contributed by atoms with E-state index in [2.05, 4.69) is 36.2 Å². The van der Waals surface area contributed by atoms with Crippen LogP contribution in [0.4, 0.5) is 0 Å². The van der Waals surface area contributed by atoms with E-state index in [0.717, 1.165) is 6.54 Å². The molecule has 0 bridgehead atoms. The molecule has 0 radical (unpaired) electrons. The van der Waals surface area contributed by atoms with Gasteiger partial charge in [0.1, 0.15) is 0 Å². The predicted octanol–water partition coefficient (Wildman–Crippen LogP) is 2.28. The molecule has 2 rings (SSSR count). The van der Waals surface area contributed by atoms with Gasteiger partial charge in [0.25, 0.3) is 0 Å². The molecule has 1 aliphatic heterocycles. The highest BCUT2D eigenvalue weighted by molar-refractivity contribution is 6.21. The van der Waals surface area contributed by atoms with Gasteiger partial charge < -0.3 is 0 Å². The van der Waals surface area contributed by atoms with E-state index in [1.165, 1.54) is 5.56 Å². The van der Waals surface area contributed by atoms with Crippen LogP contribution in [0.1, 0.15) is 11.6 Å². The molecule has 12 heavy (non-hydrogen) atoms. The van der Waals surface area contributed by atoms with Crippen LogP contribution in [0, 0.1) is 0 Å². The van der Waals surface area contributed by atoms with Crippen LogP contribution in [0.2, 0.25) is 0 Å². The molecule has 0 saturated carbocycles. The van der Waals surface area contributed by atoms with E-state index in [0.29, 0.717) is 6.04 Å². The number of likely N-dealkylation sites (tertiary alicyclic amines) is 1. The second kappa shape index (κ2) is 3.08. The van der Waals surface area contributed by atoms with Gasteiger partial charge in [-0.1, -0.05) is 30.3 Å². The standard InChI is InChI=1S/C10H12ClN/c1-12-7-9(11)10(12)8-5-3-2-4-6-8/h2-6,9-10H,7H2,1H3/t9-,10+/m0/s1. The highest BCUT2D eigenvalue weighted by Gasteiger charge is 2.35. The molecule has 1 saturated heterocycles. The average molecular weight is 182 g/mol. The molecular weight excluding hydrogens is 170 g/mol. The zero-order valence-electron chi connectivity index (χ0n) is 7.07. The second-order valence-electron chi connectivity index (χ2n) is 3.31. The number of rotatable bonds is 1. The Balaban J connectivity index is 2.20. The highest BCUT2D eigenvalue weighted by Crippen LogP contribution is 2.35. The maximum Gasteiger partial charge on any atom is 0.0659 e. The molecule has 2 atom stereocenters. The van der Waals surface area contributed by atoms with Crippen molar-refractivity contribution in [1.82, 2.24) is 4.90 Å². The zero-order valence-corrected chi connectivity index (χ0v) is 7.83. The normalized spacial score (nSPS) is 29.8. The molecule has 1 nitrogen and oxygen atoms in total. The van der Waals surface area contributed by atoms with E-state index >= 15 is 0 Å². The molecule has 1 aromatic rings. The van der Waals surface area contributed by atoms with Crippen molar-refractivity contribution in [2.75, 3.05) is 13.6 Å². The van der Waals surface area contributed by atoms with Gasteiger partial charge in [-0.05, 0) is 12.6 Å². The summed E-state index contributed by atoms with van der Waals surface area (Å²) in [5, 5.41) is 0.289. The van der Waals surface area contributed by atoms with Crippen LogP contribution in [-0.4, -0.2) is 23.9 Å².